The zero-order valence-corrected chi connectivity index (χ0v) is 11.9. The van der Waals surface area contributed by atoms with Gasteiger partial charge in [-0.2, -0.15) is 5.26 Å². The summed E-state index contributed by atoms with van der Waals surface area (Å²) in [6.45, 7) is 4.76. The topological polar surface area (TPSA) is 79.2 Å². The van der Waals surface area contributed by atoms with E-state index in [9.17, 15) is 8.42 Å². The fourth-order valence-corrected chi connectivity index (χ4v) is 2.53. The van der Waals surface area contributed by atoms with Crippen LogP contribution in [0.25, 0.3) is 0 Å². The van der Waals surface area contributed by atoms with Crippen LogP contribution in [0.2, 0.25) is 0 Å². The van der Waals surface area contributed by atoms with Gasteiger partial charge in [0.2, 0.25) is 0 Å². The Balaban J connectivity index is 2.54. The number of nitrogens with one attached hydrogen (secondary N) is 1. The van der Waals surface area contributed by atoms with E-state index in [1.807, 2.05) is 19.9 Å². The molecule has 0 spiro atoms. The Labute approximate surface area is 114 Å². The highest BCUT2D eigenvalue weighted by Crippen LogP contribution is 2.12. The van der Waals surface area contributed by atoms with Gasteiger partial charge in [-0.3, -0.25) is 0 Å². The first kappa shape index (κ1) is 15.6. The summed E-state index contributed by atoms with van der Waals surface area (Å²) in [4.78, 5) is 5.27. The predicted molar refractivity (Wildman–Crippen MR) is 72.0 cm³/mol. The maximum Gasteiger partial charge on any atom is 0.179 e. The van der Waals surface area contributed by atoms with Gasteiger partial charge in [-0.1, -0.05) is 19.9 Å². The van der Waals surface area contributed by atoms with Gasteiger partial charge < -0.3 is 4.84 Å². The van der Waals surface area contributed by atoms with Crippen LogP contribution < -0.4 is 5.48 Å². The van der Waals surface area contributed by atoms with Crippen LogP contribution in [-0.2, 0) is 14.7 Å². The Bertz CT molecular complexity index is 547. The number of nitrogens with zero attached hydrogens (tertiary/aromatic N) is 1. The number of hydrogen-bond acceptors (Lipinski definition) is 5. The van der Waals surface area contributed by atoms with E-state index in [0.29, 0.717) is 18.1 Å². The second-order valence-electron chi connectivity index (χ2n) is 4.56. The van der Waals surface area contributed by atoms with Crippen LogP contribution in [0.1, 0.15) is 19.4 Å². The first-order valence-electron chi connectivity index (χ1n) is 6.03. The zero-order valence-electron chi connectivity index (χ0n) is 11.1. The molecule has 1 rings (SSSR count). The number of rotatable bonds is 7. The lowest BCUT2D eigenvalue weighted by Gasteiger charge is -2.08. The van der Waals surface area contributed by atoms with Gasteiger partial charge >= 0.3 is 0 Å². The van der Waals surface area contributed by atoms with Crippen molar-refractivity contribution in [2.75, 3.05) is 18.9 Å². The van der Waals surface area contributed by atoms with Crippen molar-refractivity contribution in [3.8, 4) is 6.07 Å². The minimum atomic E-state index is -3.39. The molecule has 0 atom stereocenters. The SMILES string of the molecule is CC(C)CONCCS(=O)(=O)c1cccc(C#N)c1. The summed E-state index contributed by atoms with van der Waals surface area (Å²) in [6, 6.07) is 7.93. The van der Waals surface area contributed by atoms with Crippen molar-refractivity contribution in [1.82, 2.24) is 5.48 Å². The molecule has 1 aromatic rings. The van der Waals surface area contributed by atoms with Crippen molar-refractivity contribution in [3.63, 3.8) is 0 Å². The lowest BCUT2D eigenvalue weighted by Crippen LogP contribution is -2.25. The molecule has 0 aromatic heterocycles. The second kappa shape index (κ2) is 7.24. The Morgan fingerprint density at radius 2 is 2.16 bits per heavy atom. The minimum Gasteiger partial charge on any atom is -0.302 e. The molecular weight excluding hydrogens is 264 g/mol. The molecule has 0 aliphatic rings. The second-order valence-corrected chi connectivity index (χ2v) is 6.67. The number of sulfone groups is 1. The van der Waals surface area contributed by atoms with E-state index in [-0.39, 0.29) is 17.2 Å². The zero-order chi connectivity index (χ0) is 14.3. The molecular formula is C13H18N2O3S. The first-order chi connectivity index (χ1) is 8.95. The van der Waals surface area contributed by atoms with Crippen LogP contribution in [0.15, 0.2) is 29.2 Å². The third kappa shape index (κ3) is 5.39. The third-order valence-corrected chi connectivity index (χ3v) is 4.03. The standard InChI is InChI=1S/C13H18N2O3S/c1-11(2)10-18-15-6-7-19(16,17)13-5-3-4-12(8-13)9-14/h3-5,8,11,15H,6-7,10H2,1-2H3. The van der Waals surface area contributed by atoms with Crippen molar-refractivity contribution >= 4 is 9.84 Å². The number of hydrogen-bond donors (Lipinski definition) is 1. The van der Waals surface area contributed by atoms with Crippen LogP contribution in [0, 0.1) is 17.2 Å². The average Bonchev–Trinajstić information content (AvgIpc) is 2.38. The number of hydroxylamine groups is 1. The van der Waals surface area contributed by atoms with E-state index in [4.69, 9.17) is 10.1 Å². The molecule has 1 aromatic carbocycles. The molecule has 0 aliphatic heterocycles. The first-order valence-corrected chi connectivity index (χ1v) is 7.68. The van der Waals surface area contributed by atoms with Gasteiger partial charge in [0.05, 0.1) is 28.9 Å². The monoisotopic (exact) mass is 282 g/mol. The highest BCUT2D eigenvalue weighted by Gasteiger charge is 2.14. The normalized spacial score (nSPS) is 11.5. The summed E-state index contributed by atoms with van der Waals surface area (Å²) in [6.07, 6.45) is 0. The Kier molecular flexibility index (Phi) is 5.96. The summed E-state index contributed by atoms with van der Waals surface area (Å²) in [7, 11) is -3.39. The van der Waals surface area contributed by atoms with E-state index < -0.39 is 9.84 Å². The molecule has 0 saturated carbocycles. The quantitative estimate of drug-likeness (QED) is 0.605. The maximum absolute atomic E-state index is 12.0. The summed E-state index contributed by atoms with van der Waals surface area (Å²) in [5.74, 6) is 0.316. The lowest BCUT2D eigenvalue weighted by atomic mass is 10.2. The largest absolute Gasteiger partial charge is 0.302 e. The molecule has 0 fully saturated rings. The van der Waals surface area contributed by atoms with Crippen molar-refractivity contribution in [3.05, 3.63) is 29.8 Å². The van der Waals surface area contributed by atoms with Crippen molar-refractivity contribution in [2.45, 2.75) is 18.7 Å². The van der Waals surface area contributed by atoms with E-state index in [0.717, 1.165) is 0 Å². The molecule has 0 heterocycles. The van der Waals surface area contributed by atoms with Crippen LogP contribution in [0.3, 0.4) is 0 Å². The molecule has 19 heavy (non-hydrogen) atoms. The van der Waals surface area contributed by atoms with Crippen LogP contribution in [-0.4, -0.2) is 27.3 Å². The fourth-order valence-electron chi connectivity index (χ4n) is 1.35. The number of nitriles is 1. The van der Waals surface area contributed by atoms with Gasteiger partial charge in [-0.15, -0.1) is 0 Å². The van der Waals surface area contributed by atoms with Crippen LogP contribution in [0.4, 0.5) is 0 Å². The van der Waals surface area contributed by atoms with Gasteiger partial charge in [0, 0.05) is 6.54 Å². The van der Waals surface area contributed by atoms with Crippen molar-refractivity contribution in [1.29, 1.82) is 5.26 Å². The van der Waals surface area contributed by atoms with Gasteiger partial charge in [0.1, 0.15) is 0 Å². The highest BCUT2D eigenvalue weighted by atomic mass is 32.2. The maximum atomic E-state index is 12.0. The molecule has 1 N–H and O–H groups in total. The van der Waals surface area contributed by atoms with Gasteiger partial charge in [-0.25, -0.2) is 13.9 Å². The molecule has 0 bridgehead atoms. The molecule has 0 aliphatic carbocycles. The van der Waals surface area contributed by atoms with E-state index in [1.165, 1.54) is 12.1 Å². The molecule has 0 amide bonds. The Morgan fingerprint density at radius 3 is 2.79 bits per heavy atom. The summed E-state index contributed by atoms with van der Waals surface area (Å²) < 4.78 is 24.0. The predicted octanol–water partition coefficient (Wildman–Crippen LogP) is 1.51. The Hall–Kier alpha value is -1.42. The van der Waals surface area contributed by atoms with Gasteiger partial charge in [0.25, 0.3) is 0 Å². The van der Waals surface area contributed by atoms with Crippen molar-refractivity contribution < 1.29 is 13.3 Å². The summed E-state index contributed by atoms with van der Waals surface area (Å²) >= 11 is 0. The van der Waals surface area contributed by atoms with Crippen LogP contribution >= 0.6 is 0 Å². The molecule has 0 saturated heterocycles. The Morgan fingerprint density at radius 1 is 1.42 bits per heavy atom. The summed E-state index contributed by atoms with van der Waals surface area (Å²) in [5, 5.41) is 8.75. The van der Waals surface area contributed by atoms with Crippen molar-refractivity contribution in [2.24, 2.45) is 5.92 Å². The van der Waals surface area contributed by atoms with E-state index in [2.05, 4.69) is 5.48 Å². The van der Waals surface area contributed by atoms with Gasteiger partial charge in [-0.05, 0) is 24.1 Å². The molecule has 5 nitrogen and oxygen atoms in total. The smallest absolute Gasteiger partial charge is 0.179 e. The van der Waals surface area contributed by atoms with E-state index >= 15 is 0 Å². The van der Waals surface area contributed by atoms with Gasteiger partial charge in [0.15, 0.2) is 9.84 Å². The molecule has 0 unspecified atom stereocenters. The molecule has 6 heteroatoms. The van der Waals surface area contributed by atoms with Crippen LogP contribution in [0.5, 0.6) is 0 Å². The average molecular weight is 282 g/mol. The molecule has 0 radical (unpaired) electrons. The number of benzene rings is 1. The summed E-state index contributed by atoms with van der Waals surface area (Å²) in [5.41, 5.74) is 2.97. The lowest BCUT2D eigenvalue weighted by molar-refractivity contribution is 0.0274. The van der Waals surface area contributed by atoms with E-state index in [1.54, 1.807) is 12.1 Å². The minimum absolute atomic E-state index is 0.0695. The highest BCUT2D eigenvalue weighted by molar-refractivity contribution is 7.91. The third-order valence-electron chi connectivity index (χ3n) is 2.31. The fraction of sp³-hybridized carbons (Fsp3) is 0.462. The molecule has 104 valence electrons.